The fraction of sp³-hybridized carbons (Fsp3) is 0.440. The highest BCUT2D eigenvalue weighted by atomic mass is 35.5. The molecule has 36 heavy (non-hydrogen) atoms. The first-order valence-corrected chi connectivity index (χ1v) is 12.7. The maximum absolute atomic E-state index is 12.6. The van der Waals surface area contributed by atoms with E-state index in [1.807, 2.05) is 44.2 Å². The van der Waals surface area contributed by atoms with Crippen molar-refractivity contribution in [3.63, 3.8) is 0 Å². The highest BCUT2D eigenvalue weighted by Gasteiger charge is 2.21. The van der Waals surface area contributed by atoms with Crippen LogP contribution in [0.4, 0.5) is 5.13 Å². The summed E-state index contributed by atoms with van der Waals surface area (Å²) < 4.78 is 0. The molecule has 0 atom stereocenters. The van der Waals surface area contributed by atoms with E-state index in [0.717, 1.165) is 47.9 Å². The number of nitrogens with one attached hydrogen (secondary N) is 3. The van der Waals surface area contributed by atoms with Crippen molar-refractivity contribution in [1.82, 2.24) is 25.4 Å². The van der Waals surface area contributed by atoms with E-state index in [1.54, 1.807) is 6.07 Å². The predicted octanol–water partition coefficient (Wildman–Crippen LogP) is 4.54. The Balaban J connectivity index is 0.00000228. The molecule has 3 N–H and O–H groups in total. The summed E-state index contributed by atoms with van der Waals surface area (Å²) in [6, 6.07) is 11.4. The topological polar surface area (TPSA) is 103 Å². The van der Waals surface area contributed by atoms with E-state index >= 15 is 0 Å². The van der Waals surface area contributed by atoms with Crippen molar-refractivity contribution in [2.45, 2.75) is 39.0 Å². The zero-order chi connectivity index (χ0) is 23.9. The number of halogens is 2. The van der Waals surface area contributed by atoms with Gasteiger partial charge in [0, 0.05) is 24.7 Å². The monoisotopic (exact) mass is 552 g/mol. The zero-order valence-electron chi connectivity index (χ0n) is 20.6. The van der Waals surface area contributed by atoms with E-state index in [0.29, 0.717) is 10.8 Å². The number of rotatable bonds is 9. The number of piperidine rings is 1. The van der Waals surface area contributed by atoms with Gasteiger partial charge in [0.2, 0.25) is 5.91 Å². The summed E-state index contributed by atoms with van der Waals surface area (Å²) in [7, 11) is 0. The first-order chi connectivity index (χ1) is 16.5. The normalized spacial score (nSPS) is 13.6. The molecule has 1 amide bonds. The average Bonchev–Trinajstić information content (AvgIpc) is 3.26. The lowest BCUT2D eigenvalue weighted by Crippen LogP contribution is -2.38. The van der Waals surface area contributed by atoms with Gasteiger partial charge in [-0.15, -0.1) is 24.8 Å². The van der Waals surface area contributed by atoms with E-state index in [9.17, 15) is 9.59 Å². The molecule has 2 aromatic heterocycles. The summed E-state index contributed by atoms with van der Waals surface area (Å²) in [5.41, 5.74) is 2.97. The molecule has 1 saturated heterocycles. The van der Waals surface area contributed by atoms with Crippen LogP contribution in [0.2, 0.25) is 0 Å². The van der Waals surface area contributed by atoms with Gasteiger partial charge in [0.1, 0.15) is 5.69 Å². The molecule has 0 saturated carbocycles. The van der Waals surface area contributed by atoms with Crippen LogP contribution in [0.25, 0.3) is 21.8 Å². The van der Waals surface area contributed by atoms with Gasteiger partial charge in [0.15, 0.2) is 5.13 Å². The van der Waals surface area contributed by atoms with E-state index in [1.165, 1.54) is 30.6 Å². The highest BCUT2D eigenvalue weighted by molar-refractivity contribution is 7.19. The summed E-state index contributed by atoms with van der Waals surface area (Å²) in [4.78, 5) is 32.5. The van der Waals surface area contributed by atoms with E-state index < -0.39 is 0 Å². The number of benzene rings is 1. The van der Waals surface area contributed by atoms with E-state index in [4.69, 9.17) is 4.98 Å². The number of anilines is 1. The van der Waals surface area contributed by atoms with Gasteiger partial charge in [-0.1, -0.05) is 61.9 Å². The molecule has 1 aliphatic heterocycles. The third kappa shape index (κ3) is 7.85. The van der Waals surface area contributed by atoms with Crippen LogP contribution >= 0.6 is 36.2 Å². The quantitative estimate of drug-likeness (QED) is 0.336. The molecular weight excluding hydrogens is 519 g/mol. The fourth-order valence-corrected chi connectivity index (χ4v) is 5.17. The van der Waals surface area contributed by atoms with Crippen molar-refractivity contribution < 1.29 is 4.79 Å². The van der Waals surface area contributed by atoms with Gasteiger partial charge in [-0.2, -0.15) is 5.10 Å². The van der Waals surface area contributed by atoms with Crippen LogP contribution in [0.1, 0.15) is 44.6 Å². The number of amides is 1. The molecule has 196 valence electrons. The minimum absolute atomic E-state index is 0. The number of aromatic nitrogens is 3. The molecule has 1 aromatic carbocycles. The van der Waals surface area contributed by atoms with Gasteiger partial charge in [0.05, 0.1) is 17.1 Å². The lowest BCUT2D eigenvalue weighted by atomic mass is 10.00. The minimum Gasteiger partial charge on any atom is -0.307 e. The minimum atomic E-state index is -0.234. The van der Waals surface area contributed by atoms with Crippen molar-refractivity contribution >= 4 is 47.2 Å². The summed E-state index contributed by atoms with van der Waals surface area (Å²) in [5.74, 6) is -0.0188. The zero-order valence-corrected chi connectivity index (χ0v) is 23.0. The Morgan fingerprint density at radius 1 is 1.11 bits per heavy atom. The van der Waals surface area contributed by atoms with Crippen LogP contribution in [-0.2, 0) is 4.79 Å². The number of aromatic amines is 1. The van der Waals surface area contributed by atoms with Crippen molar-refractivity contribution in [2.24, 2.45) is 0 Å². The Kier molecular flexibility index (Phi) is 12.0. The number of likely N-dealkylation sites (tertiary alicyclic amines) is 1. The molecule has 0 aliphatic carbocycles. The molecule has 0 unspecified atom stereocenters. The molecular formula is C25H34Cl2N6O2S. The molecule has 3 heterocycles. The molecule has 0 radical (unpaired) electrons. The molecule has 1 aliphatic rings. The molecule has 0 spiro atoms. The SMILES string of the molecule is CC(C)c1cc(=O)[nH]nc1-c1sc(NC(=O)CNCCN2CCCCC2)nc1-c1ccccc1.Cl.Cl. The van der Waals surface area contributed by atoms with Crippen LogP contribution in [0, 0.1) is 0 Å². The van der Waals surface area contributed by atoms with E-state index in [2.05, 4.69) is 25.7 Å². The molecule has 8 nitrogen and oxygen atoms in total. The van der Waals surface area contributed by atoms with Crippen molar-refractivity contribution in [3.05, 3.63) is 52.3 Å². The Morgan fingerprint density at radius 3 is 2.53 bits per heavy atom. The van der Waals surface area contributed by atoms with Gasteiger partial charge in [-0.25, -0.2) is 10.1 Å². The van der Waals surface area contributed by atoms with Crippen LogP contribution in [0.5, 0.6) is 0 Å². The van der Waals surface area contributed by atoms with Crippen molar-refractivity contribution in [2.75, 3.05) is 38.0 Å². The first kappa shape index (κ1) is 29.9. The number of hydrogen-bond donors (Lipinski definition) is 3. The van der Waals surface area contributed by atoms with Crippen LogP contribution in [0.15, 0.2) is 41.2 Å². The molecule has 3 aromatic rings. The van der Waals surface area contributed by atoms with Gasteiger partial charge < -0.3 is 15.5 Å². The second kappa shape index (κ2) is 14.4. The molecule has 1 fully saturated rings. The van der Waals surface area contributed by atoms with Gasteiger partial charge in [0.25, 0.3) is 5.56 Å². The number of carbonyl (C=O) groups excluding carboxylic acids is 1. The predicted molar refractivity (Wildman–Crippen MR) is 152 cm³/mol. The van der Waals surface area contributed by atoms with Crippen LogP contribution < -0.4 is 16.2 Å². The van der Waals surface area contributed by atoms with Crippen molar-refractivity contribution in [3.8, 4) is 21.8 Å². The summed E-state index contributed by atoms with van der Waals surface area (Å²) in [6.45, 7) is 8.33. The lowest BCUT2D eigenvalue weighted by molar-refractivity contribution is -0.115. The first-order valence-electron chi connectivity index (χ1n) is 11.9. The Morgan fingerprint density at radius 2 is 1.83 bits per heavy atom. The number of thiazole rings is 1. The van der Waals surface area contributed by atoms with Crippen LogP contribution in [-0.4, -0.2) is 58.7 Å². The standard InChI is InChI=1S/C25H32N6O2S.2ClH/c1-17(2)19-15-20(32)29-30-23(19)24-22(18-9-5-3-6-10-18)28-25(34-24)27-21(33)16-26-11-14-31-12-7-4-8-13-31;;/h3,5-6,9-10,15,17,26H,4,7-8,11-14,16H2,1-2H3,(H,29,32)(H,27,28,33);2*1H. The summed E-state index contributed by atoms with van der Waals surface area (Å²) >= 11 is 1.37. The maximum Gasteiger partial charge on any atom is 0.264 e. The Bertz CT molecular complexity index is 1160. The lowest BCUT2D eigenvalue weighted by Gasteiger charge is -2.26. The smallest absolute Gasteiger partial charge is 0.264 e. The maximum atomic E-state index is 12.6. The number of hydrogen-bond acceptors (Lipinski definition) is 7. The summed E-state index contributed by atoms with van der Waals surface area (Å²) in [5, 5.41) is 13.6. The molecule has 0 bridgehead atoms. The van der Waals surface area contributed by atoms with Gasteiger partial charge in [-0.05, 0) is 37.4 Å². The van der Waals surface area contributed by atoms with Crippen LogP contribution in [0.3, 0.4) is 0 Å². The largest absolute Gasteiger partial charge is 0.307 e. The van der Waals surface area contributed by atoms with E-state index in [-0.39, 0.29) is 48.7 Å². The molecule has 4 rings (SSSR count). The fourth-order valence-electron chi connectivity index (χ4n) is 4.15. The van der Waals surface area contributed by atoms with Gasteiger partial charge in [-0.3, -0.25) is 9.59 Å². The number of nitrogens with zero attached hydrogens (tertiary/aromatic N) is 3. The highest BCUT2D eigenvalue weighted by Crippen LogP contribution is 2.40. The third-order valence-electron chi connectivity index (χ3n) is 5.93. The van der Waals surface area contributed by atoms with Gasteiger partial charge >= 0.3 is 0 Å². The second-order valence-electron chi connectivity index (χ2n) is 8.88. The average molecular weight is 554 g/mol. The summed E-state index contributed by atoms with van der Waals surface area (Å²) in [6.07, 6.45) is 3.85. The Hall–Kier alpha value is -2.30. The Labute approximate surface area is 228 Å². The van der Waals surface area contributed by atoms with Crippen molar-refractivity contribution in [1.29, 1.82) is 0 Å². The molecule has 11 heteroatoms. The number of H-pyrrole nitrogens is 1. The third-order valence-corrected chi connectivity index (χ3v) is 6.91. The number of carbonyl (C=O) groups is 1. The second-order valence-corrected chi connectivity index (χ2v) is 9.88.